The fourth-order valence-electron chi connectivity index (χ4n) is 2.35. The Balaban J connectivity index is 1.84. The first-order valence-electron chi connectivity index (χ1n) is 7.80. The van der Waals surface area contributed by atoms with Crippen LogP contribution in [0.15, 0.2) is 55.1 Å². The molecule has 0 aliphatic rings. The van der Waals surface area contributed by atoms with Gasteiger partial charge in [0.2, 0.25) is 0 Å². The highest BCUT2D eigenvalue weighted by Gasteiger charge is 2.15. The third kappa shape index (κ3) is 4.20. The molecule has 1 N–H and O–H groups in total. The Bertz CT molecular complexity index is 953. The van der Waals surface area contributed by atoms with Crippen LogP contribution in [0.25, 0.3) is 0 Å². The Morgan fingerprint density at radius 2 is 1.89 bits per heavy atom. The minimum Gasteiger partial charge on any atom is -0.340 e. The topological polar surface area (TPSA) is 71.0 Å². The van der Waals surface area contributed by atoms with Crippen molar-refractivity contribution < 1.29 is 18.0 Å². The molecule has 0 saturated carbocycles. The van der Waals surface area contributed by atoms with E-state index in [0.717, 1.165) is 6.07 Å². The van der Waals surface area contributed by atoms with E-state index in [1.165, 1.54) is 54.0 Å². The fraction of sp³-hybridized carbons (Fsp3) is 0.111. The third-order valence-electron chi connectivity index (χ3n) is 3.73. The molecule has 0 atom stereocenters. The van der Waals surface area contributed by atoms with E-state index >= 15 is 0 Å². The van der Waals surface area contributed by atoms with E-state index in [4.69, 9.17) is 0 Å². The van der Waals surface area contributed by atoms with Gasteiger partial charge in [0.1, 0.15) is 23.5 Å². The lowest BCUT2D eigenvalue weighted by Gasteiger charge is -2.20. The average Bonchev–Trinajstić information content (AvgIpc) is 2.69. The van der Waals surface area contributed by atoms with E-state index in [0.29, 0.717) is 5.69 Å². The van der Waals surface area contributed by atoms with Gasteiger partial charge in [-0.3, -0.25) is 4.79 Å². The molecular formula is C18H14F3N5O. The van der Waals surface area contributed by atoms with Gasteiger partial charge in [0.15, 0.2) is 0 Å². The van der Waals surface area contributed by atoms with E-state index in [9.17, 15) is 18.0 Å². The van der Waals surface area contributed by atoms with Gasteiger partial charge in [-0.15, -0.1) is 0 Å². The monoisotopic (exact) mass is 373 g/mol. The Morgan fingerprint density at radius 3 is 2.59 bits per heavy atom. The van der Waals surface area contributed by atoms with Crippen molar-refractivity contribution >= 4 is 23.0 Å². The maximum atomic E-state index is 14.2. The number of hydrogen-bond acceptors (Lipinski definition) is 5. The molecule has 0 radical (unpaired) electrons. The predicted octanol–water partition coefficient (Wildman–Crippen LogP) is 3.97. The highest BCUT2D eigenvalue weighted by molar-refractivity contribution is 6.03. The van der Waals surface area contributed by atoms with Crippen molar-refractivity contribution in [2.24, 2.45) is 0 Å². The number of aromatic nitrogens is 3. The number of amides is 1. The zero-order valence-electron chi connectivity index (χ0n) is 14.1. The Hall–Kier alpha value is -3.49. The van der Waals surface area contributed by atoms with E-state index in [1.54, 1.807) is 7.05 Å². The average molecular weight is 373 g/mol. The van der Waals surface area contributed by atoms with Crippen LogP contribution in [0, 0.1) is 5.82 Å². The molecule has 0 aliphatic heterocycles. The lowest BCUT2D eigenvalue weighted by Crippen LogP contribution is -2.16. The zero-order valence-corrected chi connectivity index (χ0v) is 14.1. The molecule has 0 saturated heterocycles. The molecule has 138 valence electrons. The molecular weight excluding hydrogens is 359 g/mol. The minimum atomic E-state index is -2.78. The van der Waals surface area contributed by atoms with Gasteiger partial charge in [-0.05, 0) is 30.3 Å². The smallest absolute Gasteiger partial charge is 0.280 e. The third-order valence-corrected chi connectivity index (χ3v) is 3.73. The molecule has 6 nitrogen and oxygen atoms in total. The molecule has 2 aromatic heterocycles. The van der Waals surface area contributed by atoms with Crippen molar-refractivity contribution in [3.05, 3.63) is 72.3 Å². The summed E-state index contributed by atoms with van der Waals surface area (Å²) in [6.07, 6.45) is 1.59. The van der Waals surface area contributed by atoms with Crippen molar-refractivity contribution in [3.8, 4) is 0 Å². The van der Waals surface area contributed by atoms with Crippen molar-refractivity contribution in [1.82, 2.24) is 15.0 Å². The van der Waals surface area contributed by atoms with Crippen molar-refractivity contribution in [3.63, 3.8) is 0 Å². The van der Waals surface area contributed by atoms with Crippen LogP contribution in [0.5, 0.6) is 0 Å². The molecule has 0 unspecified atom stereocenters. The lowest BCUT2D eigenvalue weighted by molar-refractivity contribution is 0.102. The second kappa shape index (κ2) is 7.81. The molecule has 1 aromatic carbocycles. The maximum Gasteiger partial charge on any atom is 0.280 e. The van der Waals surface area contributed by atoms with Crippen LogP contribution in [0.2, 0.25) is 0 Å². The van der Waals surface area contributed by atoms with Gasteiger partial charge >= 0.3 is 0 Å². The number of alkyl halides is 2. The van der Waals surface area contributed by atoms with Crippen LogP contribution < -0.4 is 10.2 Å². The molecule has 9 heteroatoms. The van der Waals surface area contributed by atoms with Gasteiger partial charge in [0, 0.05) is 12.7 Å². The van der Waals surface area contributed by atoms with Gasteiger partial charge < -0.3 is 10.2 Å². The normalized spacial score (nSPS) is 10.7. The number of carbonyl (C=O) groups is 1. The van der Waals surface area contributed by atoms with Crippen LogP contribution in [0.3, 0.4) is 0 Å². The first-order valence-corrected chi connectivity index (χ1v) is 7.80. The van der Waals surface area contributed by atoms with Crippen molar-refractivity contribution in [2.45, 2.75) is 6.43 Å². The van der Waals surface area contributed by atoms with Gasteiger partial charge in [-0.25, -0.2) is 28.1 Å². The molecule has 0 aliphatic carbocycles. The van der Waals surface area contributed by atoms with Gasteiger partial charge in [0.05, 0.1) is 23.8 Å². The van der Waals surface area contributed by atoms with Crippen LogP contribution in [0.4, 0.5) is 30.2 Å². The first-order chi connectivity index (χ1) is 13.0. The number of nitrogens with one attached hydrogen (secondary N) is 1. The molecule has 27 heavy (non-hydrogen) atoms. The molecule has 3 rings (SSSR count). The summed E-state index contributed by atoms with van der Waals surface area (Å²) in [6.45, 7) is 0. The van der Waals surface area contributed by atoms with E-state index in [1.807, 2.05) is 0 Å². The summed E-state index contributed by atoms with van der Waals surface area (Å²) in [5.41, 5.74) is 0.349. The zero-order chi connectivity index (χ0) is 19.4. The largest absolute Gasteiger partial charge is 0.340 e. The molecule has 0 fully saturated rings. The van der Waals surface area contributed by atoms with E-state index in [2.05, 4.69) is 20.3 Å². The Labute approximate surface area is 152 Å². The number of nitrogens with zero attached hydrogens (tertiary/aromatic N) is 4. The number of carbonyl (C=O) groups excluding carboxylic acids is 1. The molecule has 3 aromatic rings. The summed E-state index contributed by atoms with van der Waals surface area (Å²) in [5, 5.41) is 2.53. The standard InChI is InChI=1S/C18H14F3N5O/c1-26(12-8-22-10-23-9-12)16-7-11(5-6-13(16)19)24-18(27)15-4-2-3-14(25-15)17(20)21/h2-10,17H,1H3,(H,24,27). The van der Waals surface area contributed by atoms with Crippen LogP contribution >= 0.6 is 0 Å². The Morgan fingerprint density at radius 1 is 1.15 bits per heavy atom. The first kappa shape index (κ1) is 18.3. The summed E-state index contributed by atoms with van der Waals surface area (Å²) in [6, 6.07) is 7.74. The molecule has 0 spiro atoms. The summed E-state index contributed by atoms with van der Waals surface area (Å²) in [7, 11) is 1.62. The predicted molar refractivity (Wildman–Crippen MR) is 93.6 cm³/mol. The summed E-state index contributed by atoms with van der Waals surface area (Å²) in [5.74, 6) is -1.20. The highest BCUT2D eigenvalue weighted by atomic mass is 19.3. The quantitative estimate of drug-likeness (QED) is 0.733. The maximum absolute atomic E-state index is 14.2. The van der Waals surface area contributed by atoms with Crippen molar-refractivity contribution in [1.29, 1.82) is 0 Å². The fourth-order valence-corrected chi connectivity index (χ4v) is 2.35. The number of pyridine rings is 1. The summed E-state index contributed by atoms with van der Waals surface area (Å²) < 4.78 is 39.7. The number of benzene rings is 1. The number of anilines is 3. The second-order valence-corrected chi connectivity index (χ2v) is 5.52. The minimum absolute atomic E-state index is 0.163. The van der Waals surface area contributed by atoms with Gasteiger partial charge in [-0.2, -0.15) is 0 Å². The van der Waals surface area contributed by atoms with Gasteiger partial charge in [0.25, 0.3) is 12.3 Å². The summed E-state index contributed by atoms with van der Waals surface area (Å²) in [4.78, 5) is 25.2. The number of halogens is 3. The van der Waals surface area contributed by atoms with Crippen LogP contribution in [-0.2, 0) is 0 Å². The van der Waals surface area contributed by atoms with E-state index < -0.39 is 23.8 Å². The van der Waals surface area contributed by atoms with Crippen molar-refractivity contribution in [2.75, 3.05) is 17.3 Å². The summed E-state index contributed by atoms with van der Waals surface area (Å²) >= 11 is 0. The van der Waals surface area contributed by atoms with Gasteiger partial charge in [-0.1, -0.05) is 6.07 Å². The molecule has 1 amide bonds. The number of rotatable bonds is 5. The highest BCUT2D eigenvalue weighted by Crippen LogP contribution is 2.28. The van der Waals surface area contributed by atoms with Crippen LogP contribution in [-0.4, -0.2) is 27.9 Å². The number of hydrogen-bond donors (Lipinski definition) is 1. The Kier molecular flexibility index (Phi) is 5.30. The second-order valence-electron chi connectivity index (χ2n) is 5.52. The molecule has 0 bridgehead atoms. The lowest BCUT2D eigenvalue weighted by atomic mass is 10.2. The van der Waals surface area contributed by atoms with E-state index in [-0.39, 0.29) is 17.1 Å². The SMILES string of the molecule is CN(c1cncnc1)c1cc(NC(=O)c2cccc(C(F)F)n2)ccc1F. The molecule has 2 heterocycles. The van der Waals surface area contributed by atoms with Crippen LogP contribution in [0.1, 0.15) is 22.6 Å².